The van der Waals surface area contributed by atoms with Crippen molar-refractivity contribution in [3.63, 3.8) is 0 Å². The molecule has 142 valence electrons. The van der Waals surface area contributed by atoms with Crippen LogP contribution in [0.4, 0.5) is 0 Å². The summed E-state index contributed by atoms with van der Waals surface area (Å²) < 4.78 is 17.3. The van der Waals surface area contributed by atoms with Crippen molar-refractivity contribution in [3.05, 3.63) is 0 Å². The van der Waals surface area contributed by atoms with Gasteiger partial charge in [0.05, 0.1) is 38.6 Å². The number of rotatable bonds is 5. The molecule has 4 aliphatic heterocycles. The number of nitrogens with two attached hydrogens (primary N) is 1. The lowest BCUT2D eigenvalue weighted by Gasteiger charge is -2.48. The second kappa shape index (κ2) is 6.80. The van der Waals surface area contributed by atoms with Crippen LogP contribution >= 0.6 is 0 Å². The van der Waals surface area contributed by atoms with E-state index in [9.17, 15) is 4.79 Å². The van der Waals surface area contributed by atoms with Crippen molar-refractivity contribution < 1.29 is 19.0 Å². The van der Waals surface area contributed by atoms with Gasteiger partial charge in [-0.3, -0.25) is 4.79 Å². The molecule has 2 N–H and O–H groups in total. The Kier molecular flexibility index (Phi) is 4.82. The van der Waals surface area contributed by atoms with Gasteiger partial charge in [0.25, 0.3) is 0 Å². The fourth-order valence-corrected chi connectivity index (χ4v) is 4.70. The van der Waals surface area contributed by atoms with Gasteiger partial charge in [0.2, 0.25) is 5.91 Å². The monoisotopic (exact) mass is 352 g/mol. The highest BCUT2D eigenvalue weighted by molar-refractivity contribution is 5.82. The normalized spacial score (nSPS) is 36.1. The number of fused-ring (bicyclic) bond motifs is 3. The number of nitrogens with zero attached hydrogens (tertiary/aromatic N) is 1. The number of ether oxygens (including phenoxy) is 3. The third-order valence-corrected chi connectivity index (χ3v) is 7.01. The highest BCUT2D eigenvalue weighted by atomic mass is 16.5. The minimum Gasteiger partial charge on any atom is -0.380 e. The summed E-state index contributed by atoms with van der Waals surface area (Å²) in [7, 11) is 0. The predicted molar refractivity (Wildman–Crippen MR) is 93.1 cm³/mol. The van der Waals surface area contributed by atoms with E-state index in [0.717, 1.165) is 58.6 Å². The van der Waals surface area contributed by atoms with Gasteiger partial charge in [0, 0.05) is 23.9 Å². The van der Waals surface area contributed by atoms with Crippen molar-refractivity contribution in [2.24, 2.45) is 16.6 Å². The van der Waals surface area contributed by atoms with E-state index >= 15 is 0 Å². The van der Waals surface area contributed by atoms with Gasteiger partial charge in [-0.1, -0.05) is 0 Å². The molecule has 2 bridgehead atoms. The van der Waals surface area contributed by atoms with Crippen molar-refractivity contribution >= 4 is 5.91 Å². The largest absolute Gasteiger partial charge is 0.380 e. The third kappa shape index (κ3) is 3.46. The molecule has 1 spiro atoms. The van der Waals surface area contributed by atoms with Crippen LogP contribution in [0.1, 0.15) is 45.4 Å². The fraction of sp³-hybridized carbons (Fsp3) is 0.947. The van der Waals surface area contributed by atoms with Crippen molar-refractivity contribution in [3.8, 4) is 0 Å². The van der Waals surface area contributed by atoms with Gasteiger partial charge in [0.15, 0.2) is 0 Å². The third-order valence-electron chi connectivity index (χ3n) is 7.01. The summed E-state index contributed by atoms with van der Waals surface area (Å²) >= 11 is 0. The average molecular weight is 352 g/mol. The number of amides is 1. The lowest BCUT2D eigenvalue weighted by molar-refractivity contribution is -0.161. The van der Waals surface area contributed by atoms with E-state index < -0.39 is 6.04 Å². The molecule has 5 rings (SSSR count). The molecule has 0 unspecified atom stereocenters. The molecule has 2 atom stereocenters. The molecular formula is C19H32N2O4. The van der Waals surface area contributed by atoms with E-state index in [-0.39, 0.29) is 17.4 Å². The molecule has 1 saturated carbocycles. The molecule has 5 aliphatic rings. The maximum absolute atomic E-state index is 12.7. The van der Waals surface area contributed by atoms with Gasteiger partial charge in [-0.2, -0.15) is 0 Å². The summed E-state index contributed by atoms with van der Waals surface area (Å²) in [5.41, 5.74) is 6.73. The summed E-state index contributed by atoms with van der Waals surface area (Å²) in [5.74, 6) is 0.0312. The van der Waals surface area contributed by atoms with Gasteiger partial charge < -0.3 is 24.8 Å². The molecule has 6 nitrogen and oxygen atoms in total. The Morgan fingerprint density at radius 2 is 1.88 bits per heavy atom. The molecule has 4 heterocycles. The van der Waals surface area contributed by atoms with Crippen LogP contribution in [0.2, 0.25) is 0 Å². The maximum atomic E-state index is 12.7. The molecule has 0 aromatic rings. The lowest BCUT2D eigenvalue weighted by atomic mass is 9.72. The summed E-state index contributed by atoms with van der Waals surface area (Å²) in [6.45, 7) is 6.67. The zero-order valence-corrected chi connectivity index (χ0v) is 15.4. The second-order valence-corrected chi connectivity index (χ2v) is 8.87. The van der Waals surface area contributed by atoms with Crippen LogP contribution in [0.3, 0.4) is 0 Å². The van der Waals surface area contributed by atoms with E-state index in [1.807, 2.05) is 11.8 Å². The quantitative estimate of drug-likeness (QED) is 0.808. The Morgan fingerprint density at radius 3 is 2.40 bits per heavy atom. The number of carbonyl (C=O) groups is 1. The molecule has 5 fully saturated rings. The molecule has 6 heteroatoms. The number of carbonyl (C=O) groups excluding carboxylic acids is 1. The summed E-state index contributed by atoms with van der Waals surface area (Å²) in [4.78, 5) is 14.6. The van der Waals surface area contributed by atoms with Crippen LogP contribution < -0.4 is 5.73 Å². The first-order valence-electron chi connectivity index (χ1n) is 9.86. The smallest absolute Gasteiger partial charge is 0.242 e. The van der Waals surface area contributed by atoms with Crippen LogP contribution in [0.25, 0.3) is 0 Å². The molecule has 4 saturated heterocycles. The van der Waals surface area contributed by atoms with Gasteiger partial charge >= 0.3 is 0 Å². The van der Waals surface area contributed by atoms with Crippen LogP contribution in [0.15, 0.2) is 0 Å². The van der Waals surface area contributed by atoms with Crippen LogP contribution in [0.5, 0.6) is 0 Å². The van der Waals surface area contributed by atoms with Crippen molar-refractivity contribution in [2.75, 3.05) is 39.5 Å². The standard InChI is InChI=1S/C19H32N2O4/c1-14(24-12-18-4-2-15(3-5-18)25-13-18)16(20)17(22)21-8-6-19(7-9-21)10-23-11-19/h14-16H,2-13,20H2,1H3/t14-,15?,16+,18?/m1/s1. The zero-order chi connectivity index (χ0) is 17.5. The average Bonchev–Trinajstić information content (AvgIpc) is 2.65. The highest BCUT2D eigenvalue weighted by Crippen LogP contribution is 2.43. The summed E-state index contributed by atoms with van der Waals surface area (Å²) in [5, 5.41) is 0. The number of hydrogen-bond donors (Lipinski definition) is 1. The topological polar surface area (TPSA) is 74.0 Å². The second-order valence-electron chi connectivity index (χ2n) is 8.87. The molecule has 0 aromatic heterocycles. The van der Waals surface area contributed by atoms with Gasteiger partial charge in [-0.15, -0.1) is 0 Å². The maximum Gasteiger partial charge on any atom is 0.242 e. The van der Waals surface area contributed by atoms with Crippen LogP contribution in [-0.2, 0) is 19.0 Å². The van der Waals surface area contributed by atoms with E-state index in [4.69, 9.17) is 19.9 Å². The molecule has 0 radical (unpaired) electrons. The minimum atomic E-state index is -0.580. The SMILES string of the molecule is C[C@@H](OCC12CCC(CC1)OC2)[C@H](N)C(=O)N1CCC2(CC1)COC2. The zero-order valence-electron chi connectivity index (χ0n) is 15.4. The van der Waals surface area contributed by atoms with Gasteiger partial charge in [0.1, 0.15) is 6.04 Å². The fourth-order valence-electron chi connectivity index (χ4n) is 4.70. The van der Waals surface area contributed by atoms with Crippen molar-refractivity contribution in [2.45, 2.75) is 63.7 Å². The van der Waals surface area contributed by atoms with E-state index in [1.165, 1.54) is 12.8 Å². The van der Waals surface area contributed by atoms with Crippen LogP contribution in [0, 0.1) is 10.8 Å². The van der Waals surface area contributed by atoms with Gasteiger partial charge in [-0.25, -0.2) is 0 Å². The Labute approximate surface area is 150 Å². The molecule has 25 heavy (non-hydrogen) atoms. The van der Waals surface area contributed by atoms with Crippen LogP contribution in [-0.4, -0.2) is 68.6 Å². The summed E-state index contributed by atoms with van der Waals surface area (Å²) in [6, 6.07) is -0.580. The summed E-state index contributed by atoms with van der Waals surface area (Å²) in [6.07, 6.45) is 6.89. The first kappa shape index (κ1) is 17.7. The number of piperidine rings is 1. The Bertz CT molecular complexity index is 476. The Morgan fingerprint density at radius 1 is 1.20 bits per heavy atom. The first-order chi connectivity index (χ1) is 12.0. The Hall–Kier alpha value is -0.690. The molecular weight excluding hydrogens is 320 g/mol. The van der Waals surface area contributed by atoms with E-state index in [2.05, 4.69) is 0 Å². The van der Waals surface area contributed by atoms with Gasteiger partial charge in [-0.05, 0) is 45.4 Å². The van der Waals surface area contributed by atoms with E-state index in [1.54, 1.807) is 0 Å². The number of hydrogen-bond acceptors (Lipinski definition) is 5. The highest BCUT2D eigenvalue weighted by Gasteiger charge is 2.44. The van der Waals surface area contributed by atoms with E-state index in [0.29, 0.717) is 18.1 Å². The van der Waals surface area contributed by atoms with Crippen molar-refractivity contribution in [1.82, 2.24) is 4.90 Å². The first-order valence-corrected chi connectivity index (χ1v) is 9.86. The predicted octanol–water partition coefficient (Wildman–Crippen LogP) is 1.32. The van der Waals surface area contributed by atoms with Crippen molar-refractivity contribution in [1.29, 1.82) is 0 Å². The molecule has 0 aromatic carbocycles. The molecule has 1 aliphatic carbocycles. The Balaban J connectivity index is 1.25. The lowest BCUT2D eigenvalue weighted by Crippen LogP contribution is -2.57. The minimum absolute atomic E-state index is 0.0312. The molecule has 1 amide bonds. The number of likely N-dealkylation sites (tertiary alicyclic amines) is 1.